The molecule has 96 valence electrons. The molecule has 1 saturated heterocycles. The van der Waals surface area contributed by atoms with Gasteiger partial charge in [0.25, 0.3) is 0 Å². The predicted molar refractivity (Wildman–Crippen MR) is 68.5 cm³/mol. The number of thiazole rings is 1. The maximum atomic E-state index is 5.25. The molecule has 0 saturated carbocycles. The van der Waals surface area contributed by atoms with Gasteiger partial charge in [-0.1, -0.05) is 5.16 Å². The first-order valence-electron chi connectivity index (χ1n) is 6.14. The van der Waals surface area contributed by atoms with Gasteiger partial charge in [0.05, 0.1) is 12.5 Å². The van der Waals surface area contributed by atoms with Gasteiger partial charge in [0.1, 0.15) is 5.01 Å². The molecule has 0 amide bonds. The van der Waals surface area contributed by atoms with E-state index in [2.05, 4.69) is 26.9 Å². The molecule has 6 heteroatoms. The molecule has 1 aliphatic rings. The smallest absolute Gasteiger partial charge is 0.231 e. The van der Waals surface area contributed by atoms with Crippen molar-refractivity contribution in [2.45, 2.75) is 32.7 Å². The minimum atomic E-state index is 0.382. The Hall–Kier alpha value is -1.27. The van der Waals surface area contributed by atoms with Crippen molar-refractivity contribution in [3.63, 3.8) is 0 Å². The van der Waals surface area contributed by atoms with Crippen molar-refractivity contribution >= 4 is 11.3 Å². The number of hydrogen-bond acceptors (Lipinski definition) is 6. The van der Waals surface area contributed by atoms with Crippen LogP contribution >= 0.6 is 11.3 Å². The van der Waals surface area contributed by atoms with Crippen LogP contribution in [-0.2, 0) is 6.54 Å². The van der Waals surface area contributed by atoms with Gasteiger partial charge in [-0.2, -0.15) is 4.98 Å². The fourth-order valence-corrected chi connectivity index (χ4v) is 3.15. The zero-order valence-electron chi connectivity index (χ0n) is 10.6. The third-order valence-electron chi connectivity index (χ3n) is 3.19. The Morgan fingerprint density at radius 1 is 1.50 bits per heavy atom. The Bertz CT molecular complexity index is 536. The van der Waals surface area contributed by atoms with E-state index in [1.165, 1.54) is 9.88 Å². The standard InChI is InChI=1S/C12H16N4OS/c1-8-5-13-11(18-8)7-16-4-3-10(6-16)12-14-9(2)15-17-12/h5,10H,3-4,6-7H2,1-2H3. The van der Waals surface area contributed by atoms with Gasteiger partial charge in [-0.05, 0) is 26.8 Å². The Labute approximate surface area is 110 Å². The summed E-state index contributed by atoms with van der Waals surface area (Å²) in [5, 5.41) is 5.05. The lowest BCUT2D eigenvalue weighted by molar-refractivity contribution is 0.308. The van der Waals surface area contributed by atoms with Crippen molar-refractivity contribution in [2.75, 3.05) is 13.1 Å². The van der Waals surface area contributed by atoms with Crippen LogP contribution in [0.2, 0.25) is 0 Å². The van der Waals surface area contributed by atoms with Gasteiger partial charge in [-0.15, -0.1) is 11.3 Å². The van der Waals surface area contributed by atoms with Gasteiger partial charge in [0.15, 0.2) is 5.82 Å². The second-order valence-corrected chi connectivity index (χ2v) is 6.08. The molecule has 0 spiro atoms. The second-order valence-electron chi connectivity index (χ2n) is 4.77. The lowest BCUT2D eigenvalue weighted by Crippen LogP contribution is -2.19. The van der Waals surface area contributed by atoms with Gasteiger partial charge in [0.2, 0.25) is 5.89 Å². The van der Waals surface area contributed by atoms with Gasteiger partial charge >= 0.3 is 0 Å². The van der Waals surface area contributed by atoms with E-state index >= 15 is 0 Å². The quantitative estimate of drug-likeness (QED) is 0.850. The summed E-state index contributed by atoms with van der Waals surface area (Å²) in [5.41, 5.74) is 0. The van der Waals surface area contributed by atoms with E-state index in [4.69, 9.17) is 4.52 Å². The Morgan fingerprint density at radius 2 is 2.39 bits per heavy atom. The van der Waals surface area contributed by atoms with Crippen LogP contribution in [-0.4, -0.2) is 33.1 Å². The summed E-state index contributed by atoms with van der Waals surface area (Å²) >= 11 is 1.77. The van der Waals surface area contributed by atoms with Crippen LogP contribution in [0.1, 0.15) is 33.9 Å². The van der Waals surface area contributed by atoms with Crippen LogP contribution in [0, 0.1) is 13.8 Å². The summed E-state index contributed by atoms with van der Waals surface area (Å²) in [6.45, 7) is 6.94. The minimum Gasteiger partial charge on any atom is -0.339 e. The van der Waals surface area contributed by atoms with Crippen molar-refractivity contribution in [3.8, 4) is 0 Å². The zero-order chi connectivity index (χ0) is 12.5. The Morgan fingerprint density at radius 3 is 3.06 bits per heavy atom. The topological polar surface area (TPSA) is 55.1 Å². The molecular formula is C12H16N4OS. The zero-order valence-corrected chi connectivity index (χ0v) is 11.4. The van der Waals surface area contributed by atoms with E-state index in [0.717, 1.165) is 37.8 Å². The van der Waals surface area contributed by atoms with Gasteiger partial charge < -0.3 is 4.52 Å². The van der Waals surface area contributed by atoms with Crippen molar-refractivity contribution in [2.24, 2.45) is 0 Å². The van der Waals surface area contributed by atoms with Crippen LogP contribution in [0.5, 0.6) is 0 Å². The molecule has 3 heterocycles. The molecule has 0 radical (unpaired) electrons. The Balaban J connectivity index is 1.61. The molecule has 0 N–H and O–H groups in total. The molecule has 0 aromatic carbocycles. The molecule has 1 aliphatic heterocycles. The maximum absolute atomic E-state index is 5.25. The molecule has 0 bridgehead atoms. The number of likely N-dealkylation sites (tertiary alicyclic amines) is 1. The number of rotatable bonds is 3. The molecular weight excluding hydrogens is 248 g/mol. The number of aromatic nitrogens is 3. The van der Waals surface area contributed by atoms with Crippen LogP contribution in [0.3, 0.4) is 0 Å². The second kappa shape index (κ2) is 4.78. The molecule has 0 aliphatic carbocycles. The summed E-state index contributed by atoms with van der Waals surface area (Å²) in [7, 11) is 0. The summed E-state index contributed by atoms with van der Waals surface area (Å²) in [6.07, 6.45) is 3.03. The Kier molecular flexibility index (Phi) is 3.13. The first-order valence-corrected chi connectivity index (χ1v) is 6.96. The molecule has 1 fully saturated rings. The largest absolute Gasteiger partial charge is 0.339 e. The SMILES string of the molecule is Cc1noc(C2CCN(Cc3ncc(C)s3)C2)n1. The molecule has 5 nitrogen and oxygen atoms in total. The highest BCUT2D eigenvalue weighted by Gasteiger charge is 2.28. The minimum absolute atomic E-state index is 0.382. The fourth-order valence-electron chi connectivity index (χ4n) is 2.32. The van der Waals surface area contributed by atoms with E-state index < -0.39 is 0 Å². The summed E-state index contributed by atoms with van der Waals surface area (Å²) in [6, 6.07) is 0. The summed E-state index contributed by atoms with van der Waals surface area (Å²) in [4.78, 5) is 12.4. The van der Waals surface area contributed by atoms with Gasteiger partial charge in [-0.3, -0.25) is 4.90 Å². The van der Waals surface area contributed by atoms with Gasteiger partial charge in [-0.25, -0.2) is 4.98 Å². The van der Waals surface area contributed by atoms with E-state index in [-0.39, 0.29) is 0 Å². The van der Waals surface area contributed by atoms with Crippen molar-refractivity contribution in [1.82, 2.24) is 20.0 Å². The normalized spacial score (nSPS) is 20.7. The first-order chi connectivity index (χ1) is 8.70. The molecule has 18 heavy (non-hydrogen) atoms. The van der Waals surface area contributed by atoms with Gasteiger partial charge in [0, 0.05) is 17.6 Å². The first kappa shape index (κ1) is 11.8. The monoisotopic (exact) mass is 264 g/mol. The van der Waals surface area contributed by atoms with Crippen molar-refractivity contribution in [1.29, 1.82) is 0 Å². The molecule has 3 rings (SSSR count). The highest BCUT2D eigenvalue weighted by atomic mass is 32.1. The number of hydrogen-bond donors (Lipinski definition) is 0. The van der Waals surface area contributed by atoms with Crippen molar-refractivity contribution < 1.29 is 4.52 Å². The number of aryl methyl sites for hydroxylation is 2. The van der Waals surface area contributed by atoms with Crippen molar-refractivity contribution in [3.05, 3.63) is 27.8 Å². The van der Waals surface area contributed by atoms with Crippen LogP contribution < -0.4 is 0 Å². The van der Waals surface area contributed by atoms with E-state index in [1.807, 2.05) is 13.1 Å². The predicted octanol–water partition coefficient (Wildman–Crippen LogP) is 2.13. The molecule has 1 unspecified atom stereocenters. The average molecular weight is 264 g/mol. The highest BCUT2D eigenvalue weighted by molar-refractivity contribution is 7.11. The summed E-state index contributed by atoms with van der Waals surface area (Å²) < 4.78 is 5.25. The maximum Gasteiger partial charge on any atom is 0.231 e. The molecule has 2 aromatic heterocycles. The molecule has 1 atom stereocenters. The fraction of sp³-hybridized carbons (Fsp3) is 0.583. The van der Waals surface area contributed by atoms with E-state index in [1.54, 1.807) is 11.3 Å². The summed E-state index contributed by atoms with van der Waals surface area (Å²) in [5.74, 6) is 1.89. The average Bonchev–Trinajstić information content (AvgIpc) is 3.01. The lowest BCUT2D eigenvalue weighted by atomic mass is 10.1. The third kappa shape index (κ3) is 2.44. The molecule has 2 aromatic rings. The van der Waals surface area contributed by atoms with Crippen LogP contribution in [0.15, 0.2) is 10.7 Å². The van der Waals surface area contributed by atoms with E-state index in [0.29, 0.717) is 5.92 Å². The van der Waals surface area contributed by atoms with E-state index in [9.17, 15) is 0 Å². The third-order valence-corrected chi connectivity index (χ3v) is 4.09. The van der Waals surface area contributed by atoms with Crippen LogP contribution in [0.4, 0.5) is 0 Å². The lowest BCUT2D eigenvalue weighted by Gasteiger charge is -2.12. The highest BCUT2D eigenvalue weighted by Crippen LogP contribution is 2.27. The van der Waals surface area contributed by atoms with Crippen LogP contribution in [0.25, 0.3) is 0 Å². The number of nitrogens with zero attached hydrogens (tertiary/aromatic N) is 4.